The van der Waals surface area contributed by atoms with Crippen LogP contribution in [-0.4, -0.2) is 80.2 Å². The minimum absolute atomic E-state index is 0.0963. The summed E-state index contributed by atoms with van der Waals surface area (Å²) in [5.74, 6) is 0.220. The van der Waals surface area contributed by atoms with Gasteiger partial charge < -0.3 is 24.2 Å². The van der Waals surface area contributed by atoms with Crippen molar-refractivity contribution in [1.29, 1.82) is 0 Å². The predicted octanol–water partition coefficient (Wildman–Crippen LogP) is 3.14. The van der Waals surface area contributed by atoms with Crippen LogP contribution in [0.2, 0.25) is 0 Å². The van der Waals surface area contributed by atoms with Crippen LogP contribution in [0.25, 0.3) is 0 Å². The van der Waals surface area contributed by atoms with Crippen LogP contribution in [0.4, 0.5) is 5.69 Å². The molecule has 0 amide bonds. The molecular weight excluding hydrogens is 444 g/mol. The maximum Gasteiger partial charge on any atom is 0.308 e. The van der Waals surface area contributed by atoms with Crippen molar-refractivity contribution >= 4 is 11.7 Å². The molecule has 35 heavy (non-hydrogen) atoms. The average molecular weight is 485 g/mol. The minimum atomic E-state index is -1.41. The molecule has 3 heterocycles. The first-order valence-electron chi connectivity index (χ1n) is 13.0. The number of ether oxygens (including phenoxy) is 3. The summed E-state index contributed by atoms with van der Waals surface area (Å²) in [6, 6.07) is 6.08. The van der Waals surface area contributed by atoms with E-state index in [9.17, 15) is 9.90 Å². The fraction of sp³-hybridized carbons (Fsp3) is 0.679. The van der Waals surface area contributed by atoms with E-state index in [1.807, 2.05) is 26.8 Å². The SMILES string of the molecule is CCOC[C@@]1(O)[C@H](OC(=O)C(C)C)[C@]2(CC)C=CCN3CC[C@@]4(c5ccc(OC)cc5N(C)[C@@H]14)[C@@H]32. The van der Waals surface area contributed by atoms with Crippen molar-refractivity contribution in [2.45, 2.75) is 69.7 Å². The molecule has 5 rings (SSSR count). The number of hydrogen-bond donors (Lipinski definition) is 1. The van der Waals surface area contributed by atoms with E-state index in [-0.39, 0.29) is 36.0 Å². The lowest BCUT2D eigenvalue weighted by molar-refractivity contribution is -0.235. The van der Waals surface area contributed by atoms with Crippen LogP contribution in [0.5, 0.6) is 5.75 Å². The minimum Gasteiger partial charge on any atom is -0.497 e. The monoisotopic (exact) mass is 484 g/mol. The van der Waals surface area contributed by atoms with Crippen molar-refractivity contribution in [2.75, 3.05) is 45.4 Å². The summed E-state index contributed by atoms with van der Waals surface area (Å²) in [6.45, 7) is 10.2. The van der Waals surface area contributed by atoms with Crippen molar-refractivity contribution in [3.63, 3.8) is 0 Å². The summed E-state index contributed by atoms with van der Waals surface area (Å²) < 4.78 is 17.9. The van der Waals surface area contributed by atoms with E-state index in [0.29, 0.717) is 6.61 Å². The fourth-order valence-electron chi connectivity index (χ4n) is 7.96. The molecule has 192 valence electrons. The molecule has 0 bridgehead atoms. The van der Waals surface area contributed by atoms with Gasteiger partial charge in [0.1, 0.15) is 17.5 Å². The zero-order valence-corrected chi connectivity index (χ0v) is 21.9. The van der Waals surface area contributed by atoms with Gasteiger partial charge in [0, 0.05) is 48.8 Å². The molecule has 6 atom stereocenters. The zero-order valence-electron chi connectivity index (χ0n) is 21.9. The number of rotatable bonds is 7. The van der Waals surface area contributed by atoms with Crippen LogP contribution in [0, 0.1) is 11.3 Å². The van der Waals surface area contributed by atoms with Gasteiger partial charge >= 0.3 is 5.97 Å². The molecule has 7 nitrogen and oxygen atoms in total. The molecule has 2 fully saturated rings. The molecule has 1 saturated heterocycles. The summed E-state index contributed by atoms with van der Waals surface area (Å²) in [5, 5.41) is 12.9. The highest BCUT2D eigenvalue weighted by atomic mass is 16.6. The van der Waals surface area contributed by atoms with Gasteiger partial charge in [-0.25, -0.2) is 0 Å². The number of methoxy groups -OCH3 is 1. The van der Waals surface area contributed by atoms with E-state index in [0.717, 1.165) is 37.4 Å². The highest BCUT2D eigenvalue weighted by Crippen LogP contribution is 2.67. The second-order valence-electron chi connectivity index (χ2n) is 11.1. The number of carbonyl (C=O) groups excluding carboxylic acids is 1. The Kier molecular flexibility index (Phi) is 5.97. The number of aliphatic hydroxyl groups is 1. The number of fused-ring (bicyclic) bond motifs is 1. The number of hydrogen-bond acceptors (Lipinski definition) is 7. The van der Waals surface area contributed by atoms with Gasteiger partial charge in [0.05, 0.1) is 25.7 Å². The van der Waals surface area contributed by atoms with Crippen molar-refractivity contribution in [2.24, 2.45) is 11.3 Å². The van der Waals surface area contributed by atoms with Crippen LogP contribution >= 0.6 is 0 Å². The molecule has 0 radical (unpaired) electrons. The molecule has 0 unspecified atom stereocenters. The number of nitrogens with zero attached hydrogens (tertiary/aromatic N) is 2. The van der Waals surface area contributed by atoms with E-state index in [2.05, 4.69) is 48.1 Å². The van der Waals surface area contributed by atoms with Gasteiger partial charge in [-0.05, 0) is 37.9 Å². The summed E-state index contributed by atoms with van der Waals surface area (Å²) in [5.41, 5.74) is 0.0379. The quantitative estimate of drug-likeness (QED) is 0.471. The molecule has 0 aromatic heterocycles. The molecular formula is C28H40N2O5. The Bertz CT molecular complexity index is 1030. The Labute approximate surface area is 209 Å². The lowest BCUT2D eigenvalue weighted by Gasteiger charge is -2.64. The number of esters is 1. The topological polar surface area (TPSA) is 71.5 Å². The summed E-state index contributed by atoms with van der Waals surface area (Å²) in [4.78, 5) is 17.9. The third-order valence-electron chi connectivity index (χ3n) is 9.18. The number of carbonyl (C=O) groups is 1. The molecule has 3 aliphatic heterocycles. The number of anilines is 1. The summed E-state index contributed by atoms with van der Waals surface area (Å²) in [7, 11) is 3.73. The first-order valence-corrected chi connectivity index (χ1v) is 13.0. The van der Waals surface area contributed by atoms with Crippen LogP contribution in [0.3, 0.4) is 0 Å². The maximum absolute atomic E-state index is 13.1. The molecule has 1 aromatic rings. The van der Waals surface area contributed by atoms with Crippen LogP contribution in [0.1, 0.15) is 46.1 Å². The van der Waals surface area contributed by atoms with E-state index in [4.69, 9.17) is 14.2 Å². The smallest absolute Gasteiger partial charge is 0.308 e. The van der Waals surface area contributed by atoms with Crippen molar-refractivity contribution < 1.29 is 24.1 Å². The number of benzene rings is 1. The Morgan fingerprint density at radius 3 is 2.69 bits per heavy atom. The van der Waals surface area contributed by atoms with Crippen LogP contribution in [0.15, 0.2) is 30.4 Å². The summed E-state index contributed by atoms with van der Waals surface area (Å²) >= 11 is 0. The van der Waals surface area contributed by atoms with Crippen molar-refractivity contribution in [3.05, 3.63) is 35.9 Å². The third-order valence-corrected chi connectivity index (χ3v) is 9.18. The highest BCUT2D eigenvalue weighted by Gasteiger charge is 2.77. The van der Waals surface area contributed by atoms with E-state index in [1.54, 1.807) is 7.11 Å². The molecule has 1 saturated carbocycles. The largest absolute Gasteiger partial charge is 0.497 e. The van der Waals surface area contributed by atoms with Gasteiger partial charge in [-0.2, -0.15) is 0 Å². The average Bonchev–Trinajstić information content (AvgIpc) is 3.37. The number of likely N-dealkylation sites (N-methyl/N-ethyl adjacent to an activating group) is 1. The first kappa shape index (κ1) is 24.6. The van der Waals surface area contributed by atoms with Gasteiger partial charge in [-0.3, -0.25) is 9.69 Å². The first-order chi connectivity index (χ1) is 16.7. The van der Waals surface area contributed by atoms with Gasteiger partial charge in [-0.1, -0.05) is 39.0 Å². The van der Waals surface area contributed by atoms with E-state index in [1.165, 1.54) is 5.56 Å². The standard InChI is InChI=1S/C28H40N2O5/c1-7-26-12-9-14-30-15-13-27(23(26)30)20-11-10-19(33-6)16-21(20)29(5)24(27)28(32,17-34-8-2)25(26)35-22(31)18(3)4/h9-12,16,18,23-25,32H,7-8,13-15,17H2,1-6H3/t23-,24+,25+,26+,27+,28-/m0/s1. The molecule has 1 aliphatic carbocycles. The molecule has 1 spiro atoms. The van der Waals surface area contributed by atoms with E-state index >= 15 is 0 Å². The Hall–Kier alpha value is -2.09. The second-order valence-corrected chi connectivity index (χ2v) is 11.1. The second kappa shape index (κ2) is 8.49. The lowest BCUT2D eigenvalue weighted by atomic mass is 9.48. The Morgan fingerprint density at radius 2 is 2.03 bits per heavy atom. The van der Waals surface area contributed by atoms with Gasteiger partial charge in [0.25, 0.3) is 0 Å². The van der Waals surface area contributed by atoms with Crippen molar-refractivity contribution in [3.8, 4) is 5.75 Å². The Morgan fingerprint density at radius 1 is 1.26 bits per heavy atom. The third kappa shape index (κ3) is 3.10. The van der Waals surface area contributed by atoms with E-state index < -0.39 is 17.1 Å². The van der Waals surface area contributed by atoms with Crippen LogP contribution in [-0.2, 0) is 19.7 Å². The van der Waals surface area contributed by atoms with Gasteiger partial charge in [0.15, 0.2) is 0 Å². The Balaban J connectivity index is 1.79. The predicted molar refractivity (Wildman–Crippen MR) is 135 cm³/mol. The van der Waals surface area contributed by atoms with Gasteiger partial charge in [0.2, 0.25) is 0 Å². The summed E-state index contributed by atoms with van der Waals surface area (Å²) in [6.07, 6.45) is 5.38. The lowest BCUT2D eigenvalue weighted by Crippen LogP contribution is -2.80. The maximum atomic E-state index is 13.1. The highest BCUT2D eigenvalue weighted by molar-refractivity contribution is 5.73. The van der Waals surface area contributed by atoms with Gasteiger partial charge in [-0.15, -0.1) is 0 Å². The van der Waals surface area contributed by atoms with Crippen LogP contribution < -0.4 is 9.64 Å². The normalized spacial score (nSPS) is 37.3. The molecule has 1 N–H and O–H groups in total. The fourth-order valence-corrected chi connectivity index (χ4v) is 7.96. The molecule has 7 heteroatoms. The molecule has 1 aromatic carbocycles. The zero-order chi connectivity index (χ0) is 25.2. The molecule has 4 aliphatic rings. The van der Waals surface area contributed by atoms with Crippen molar-refractivity contribution in [1.82, 2.24) is 4.90 Å².